The van der Waals surface area contributed by atoms with Crippen LogP contribution in [0.5, 0.6) is 0 Å². The first-order valence-corrected chi connectivity index (χ1v) is 7.49. The third-order valence-electron chi connectivity index (χ3n) is 3.08. The zero-order chi connectivity index (χ0) is 17.0. The highest BCUT2D eigenvalue weighted by Crippen LogP contribution is 2.25. The molecule has 8 heteroatoms. The van der Waals surface area contributed by atoms with E-state index in [4.69, 9.17) is 4.74 Å². The summed E-state index contributed by atoms with van der Waals surface area (Å²) in [5.41, 5.74) is 0.673. The van der Waals surface area contributed by atoms with E-state index in [0.717, 1.165) is 0 Å². The quantitative estimate of drug-likeness (QED) is 0.476. The Morgan fingerprint density at radius 1 is 1.22 bits per heavy atom. The standard InChI is InChI=1S/C15H14N2O5S/c1-10(14(18)16(2)11-6-4-3-5-7-11)22-15(19)12-8-9-13(23-12)17(20)21/h3-10H,1-2H3/t10-/m1/s1. The maximum Gasteiger partial charge on any atom is 0.349 e. The summed E-state index contributed by atoms with van der Waals surface area (Å²) in [6, 6.07) is 11.5. The van der Waals surface area contributed by atoms with Crippen molar-refractivity contribution in [3.8, 4) is 0 Å². The number of thiophene rings is 1. The van der Waals surface area contributed by atoms with Gasteiger partial charge < -0.3 is 9.64 Å². The van der Waals surface area contributed by atoms with Crippen LogP contribution >= 0.6 is 11.3 Å². The topological polar surface area (TPSA) is 89.7 Å². The molecule has 0 fully saturated rings. The minimum absolute atomic E-state index is 0.0821. The summed E-state index contributed by atoms with van der Waals surface area (Å²) in [6.45, 7) is 1.46. The molecule has 2 rings (SSSR count). The first-order chi connectivity index (χ1) is 10.9. The molecule has 7 nitrogen and oxygen atoms in total. The molecule has 23 heavy (non-hydrogen) atoms. The first-order valence-electron chi connectivity index (χ1n) is 6.68. The summed E-state index contributed by atoms with van der Waals surface area (Å²) in [5, 5.41) is 10.5. The van der Waals surface area contributed by atoms with Crippen LogP contribution in [0.25, 0.3) is 0 Å². The van der Waals surface area contributed by atoms with Gasteiger partial charge in [-0.05, 0) is 25.1 Å². The summed E-state index contributed by atoms with van der Waals surface area (Å²) in [7, 11) is 1.58. The second kappa shape index (κ2) is 7.01. The van der Waals surface area contributed by atoms with Crippen LogP contribution in [0.15, 0.2) is 42.5 Å². The van der Waals surface area contributed by atoms with Gasteiger partial charge in [0.1, 0.15) is 4.88 Å². The highest BCUT2D eigenvalue weighted by molar-refractivity contribution is 7.17. The molecular weight excluding hydrogens is 320 g/mol. The zero-order valence-corrected chi connectivity index (χ0v) is 13.3. The average molecular weight is 334 g/mol. The number of amides is 1. The van der Waals surface area contributed by atoms with Crippen LogP contribution in [-0.4, -0.2) is 30.0 Å². The van der Waals surface area contributed by atoms with Crippen molar-refractivity contribution in [2.75, 3.05) is 11.9 Å². The summed E-state index contributed by atoms with van der Waals surface area (Å²) >= 11 is 0.709. The van der Waals surface area contributed by atoms with Crippen LogP contribution < -0.4 is 4.90 Å². The largest absolute Gasteiger partial charge is 0.448 e. The lowest BCUT2D eigenvalue weighted by Gasteiger charge is -2.21. The molecule has 0 saturated heterocycles. The molecule has 0 spiro atoms. The fourth-order valence-electron chi connectivity index (χ4n) is 1.86. The lowest BCUT2D eigenvalue weighted by Crippen LogP contribution is -2.37. The number of hydrogen-bond donors (Lipinski definition) is 0. The van der Waals surface area contributed by atoms with E-state index in [-0.39, 0.29) is 9.88 Å². The molecule has 0 N–H and O–H groups in total. The van der Waals surface area contributed by atoms with Crippen molar-refractivity contribution in [3.63, 3.8) is 0 Å². The smallest absolute Gasteiger partial charge is 0.349 e. The third kappa shape index (κ3) is 3.92. The van der Waals surface area contributed by atoms with Crippen LogP contribution in [0.4, 0.5) is 10.7 Å². The minimum Gasteiger partial charge on any atom is -0.448 e. The number of nitrogens with zero attached hydrogens (tertiary/aromatic N) is 2. The Hall–Kier alpha value is -2.74. The van der Waals surface area contributed by atoms with E-state index in [1.807, 2.05) is 6.07 Å². The monoisotopic (exact) mass is 334 g/mol. The van der Waals surface area contributed by atoms with Gasteiger partial charge in [0.25, 0.3) is 5.91 Å². The lowest BCUT2D eigenvalue weighted by molar-refractivity contribution is -0.380. The predicted octanol–water partition coefficient (Wildman–Crippen LogP) is 2.86. The molecule has 2 aromatic rings. The van der Waals surface area contributed by atoms with Crippen LogP contribution in [0.1, 0.15) is 16.6 Å². The molecule has 0 aliphatic rings. The zero-order valence-electron chi connectivity index (χ0n) is 12.5. The first kappa shape index (κ1) is 16.6. The van der Waals surface area contributed by atoms with Crippen molar-refractivity contribution in [3.05, 3.63) is 57.5 Å². The number of carbonyl (C=O) groups is 2. The molecule has 0 saturated carbocycles. The van der Waals surface area contributed by atoms with E-state index >= 15 is 0 Å². The second-order valence-electron chi connectivity index (χ2n) is 4.68. The Morgan fingerprint density at radius 2 is 1.87 bits per heavy atom. The van der Waals surface area contributed by atoms with Gasteiger partial charge in [-0.3, -0.25) is 14.9 Å². The van der Waals surface area contributed by atoms with E-state index < -0.39 is 22.9 Å². The Morgan fingerprint density at radius 3 is 2.43 bits per heavy atom. The van der Waals surface area contributed by atoms with E-state index in [1.54, 1.807) is 31.3 Å². The number of esters is 1. The molecule has 0 aliphatic carbocycles. The van der Waals surface area contributed by atoms with Crippen molar-refractivity contribution >= 4 is 33.9 Å². The molecular formula is C15H14N2O5S. The van der Waals surface area contributed by atoms with Gasteiger partial charge in [0.05, 0.1) is 4.92 Å². The number of likely N-dealkylation sites (N-methyl/N-ethyl adjacent to an activating group) is 1. The highest BCUT2D eigenvalue weighted by Gasteiger charge is 2.24. The van der Waals surface area contributed by atoms with Gasteiger partial charge in [0.2, 0.25) is 0 Å². The fourth-order valence-corrected chi connectivity index (χ4v) is 2.56. The number of para-hydroxylation sites is 1. The molecule has 1 heterocycles. The molecule has 1 aromatic carbocycles. The van der Waals surface area contributed by atoms with Crippen LogP contribution in [0.3, 0.4) is 0 Å². The normalized spacial score (nSPS) is 11.6. The van der Waals surface area contributed by atoms with Gasteiger partial charge in [0.15, 0.2) is 6.10 Å². The number of rotatable bonds is 5. The third-order valence-corrected chi connectivity index (χ3v) is 4.10. The summed E-state index contributed by atoms with van der Waals surface area (Å²) in [6.07, 6.45) is -1.01. The summed E-state index contributed by atoms with van der Waals surface area (Å²) < 4.78 is 5.09. The van der Waals surface area contributed by atoms with Crippen LogP contribution in [0.2, 0.25) is 0 Å². The van der Waals surface area contributed by atoms with Crippen molar-refractivity contribution in [1.29, 1.82) is 0 Å². The SMILES string of the molecule is C[C@@H](OC(=O)c1ccc([N+](=O)[O-])s1)C(=O)N(C)c1ccccc1. The highest BCUT2D eigenvalue weighted by atomic mass is 32.1. The van der Waals surface area contributed by atoms with Gasteiger partial charge in [-0.1, -0.05) is 29.5 Å². The number of carbonyl (C=O) groups excluding carboxylic acids is 2. The van der Waals surface area contributed by atoms with Gasteiger partial charge in [-0.2, -0.15) is 0 Å². The second-order valence-corrected chi connectivity index (χ2v) is 5.74. The number of anilines is 1. The maximum absolute atomic E-state index is 12.3. The molecule has 1 amide bonds. The maximum atomic E-state index is 12.3. The van der Waals surface area contributed by atoms with Crippen molar-refractivity contribution in [2.24, 2.45) is 0 Å². The van der Waals surface area contributed by atoms with Crippen LogP contribution in [-0.2, 0) is 9.53 Å². The van der Waals surface area contributed by atoms with Gasteiger partial charge in [-0.15, -0.1) is 0 Å². The lowest BCUT2D eigenvalue weighted by atomic mass is 10.2. The van der Waals surface area contributed by atoms with E-state index in [9.17, 15) is 19.7 Å². The van der Waals surface area contributed by atoms with E-state index in [2.05, 4.69) is 0 Å². The Labute approximate surface area is 136 Å². The number of nitro groups is 1. The molecule has 0 aliphatic heterocycles. The predicted molar refractivity (Wildman–Crippen MR) is 85.7 cm³/mol. The Kier molecular flexibility index (Phi) is 5.07. The van der Waals surface area contributed by atoms with Gasteiger partial charge in [-0.25, -0.2) is 4.79 Å². The fraction of sp³-hybridized carbons (Fsp3) is 0.200. The minimum atomic E-state index is -1.01. The average Bonchev–Trinajstić information content (AvgIpc) is 3.04. The van der Waals surface area contributed by atoms with E-state index in [0.29, 0.717) is 17.0 Å². The van der Waals surface area contributed by atoms with Crippen molar-refractivity contribution < 1.29 is 19.2 Å². The summed E-state index contributed by atoms with van der Waals surface area (Å²) in [5.74, 6) is -1.15. The number of ether oxygens (including phenoxy) is 1. The summed E-state index contributed by atoms with van der Waals surface area (Å²) in [4.78, 5) is 35.7. The van der Waals surface area contributed by atoms with Crippen LogP contribution in [0, 0.1) is 10.1 Å². The number of benzene rings is 1. The molecule has 0 radical (unpaired) electrons. The van der Waals surface area contributed by atoms with Gasteiger partial charge >= 0.3 is 11.0 Å². The van der Waals surface area contributed by atoms with Crippen molar-refractivity contribution in [1.82, 2.24) is 0 Å². The van der Waals surface area contributed by atoms with Crippen molar-refractivity contribution in [2.45, 2.75) is 13.0 Å². The van der Waals surface area contributed by atoms with E-state index in [1.165, 1.54) is 24.0 Å². The Bertz CT molecular complexity index is 728. The Balaban J connectivity index is 2.02. The molecule has 120 valence electrons. The molecule has 0 unspecified atom stereocenters. The van der Waals surface area contributed by atoms with Gasteiger partial charge in [0, 0.05) is 18.8 Å². The number of hydrogen-bond acceptors (Lipinski definition) is 6. The molecule has 0 bridgehead atoms. The molecule has 1 atom stereocenters. The molecule has 1 aromatic heterocycles.